The van der Waals surface area contributed by atoms with E-state index in [0.717, 1.165) is 0 Å². The van der Waals surface area contributed by atoms with Crippen molar-refractivity contribution in [2.75, 3.05) is 11.2 Å². The van der Waals surface area contributed by atoms with Gasteiger partial charge in [0.25, 0.3) is 0 Å². The van der Waals surface area contributed by atoms with Gasteiger partial charge >= 0.3 is 5.97 Å². The van der Waals surface area contributed by atoms with E-state index in [1.165, 1.54) is 6.92 Å². The van der Waals surface area contributed by atoms with Crippen LogP contribution in [0.25, 0.3) is 0 Å². The van der Waals surface area contributed by atoms with Crippen molar-refractivity contribution in [2.24, 2.45) is 17.1 Å². The third-order valence-corrected chi connectivity index (χ3v) is 7.09. The van der Waals surface area contributed by atoms with E-state index in [-0.39, 0.29) is 25.1 Å². The van der Waals surface area contributed by atoms with Crippen LogP contribution in [0.4, 0.5) is 5.69 Å². The molecule has 1 aliphatic rings. The number of aliphatic carboxylic acids is 1. The Bertz CT molecular complexity index is 867. The highest BCUT2D eigenvalue weighted by atomic mass is 32.2. The number of carboxylic acids is 1. The van der Waals surface area contributed by atoms with Gasteiger partial charge in [-0.25, -0.2) is 8.42 Å². The Labute approximate surface area is 171 Å². The molecule has 0 bridgehead atoms. The fraction of sp³-hybridized carbons (Fsp3) is 0.600. The number of rotatable bonds is 9. The standard InChI is InChI=1S/C20H30N2O6S/c1-12(19(25)26)8-16(23)14(21)9-20(2,3)10-17(24)18-13-6-4-5-7-15(13)22-11-29(18,27)28/h4-7,12,14,16,18,22-23H,8-11,21H2,1-3H3,(H,25,26)/t12-,14+,16+,18?/m1/s1. The van der Waals surface area contributed by atoms with Crippen LogP contribution in [-0.4, -0.2) is 48.4 Å². The topological polar surface area (TPSA) is 147 Å². The zero-order chi connectivity index (χ0) is 22.0. The first kappa shape index (κ1) is 23.3. The second-order valence-corrected chi connectivity index (χ2v) is 10.8. The van der Waals surface area contributed by atoms with Gasteiger partial charge in [-0.15, -0.1) is 0 Å². The van der Waals surface area contributed by atoms with Gasteiger partial charge in [-0.05, 0) is 24.3 Å². The second kappa shape index (κ2) is 8.81. The number of hydrogen-bond donors (Lipinski definition) is 4. The number of Topliss-reactive ketones (excluding diaryl/α,β-unsaturated/α-hetero) is 1. The molecule has 29 heavy (non-hydrogen) atoms. The molecule has 1 aliphatic heterocycles. The molecule has 1 aromatic rings. The average molecular weight is 427 g/mol. The number of sulfone groups is 1. The summed E-state index contributed by atoms with van der Waals surface area (Å²) in [6.45, 7) is 5.07. The first-order valence-electron chi connectivity index (χ1n) is 9.57. The van der Waals surface area contributed by atoms with Crippen LogP contribution in [0.5, 0.6) is 0 Å². The molecule has 1 aromatic carbocycles. The van der Waals surface area contributed by atoms with Crippen molar-refractivity contribution in [1.29, 1.82) is 0 Å². The lowest BCUT2D eigenvalue weighted by Gasteiger charge is -2.32. The number of nitrogens with one attached hydrogen (secondary N) is 1. The minimum Gasteiger partial charge on any atom is -0.481 e. The number of para-hydroxylation sites is 1. The fourth-order valence-corrected chi connectivity index (χ4v) is 5.36. The van der Waals surface area contributed by atoms with E-state index in [9.17, 15) is 23.1 Å². The van der Waals surface area contributed by atoms with Crippen LogP contribution in [0, 0.1) is 11.3 Å². The lowest BCUT2D eigenvalue weighted by molar-refractivity contribution is -0.142. The Morgan fingerprint density at radius 3 is 2.55 bits per heavy atom. The number of aliphatic hydroxyl groups is 1. The van der Waals surface area contributed by atoms with Crippen molar-refractivity contribution in [3.05, 3.63) is 29.8 Å². The molecular formula is C20H30N2O6S. The monoisotopic (exact) mass is 426 g/mol. The Hall–Kier alpha value is -1.97. The summed E-state index contributed by atoms with van der Waals surface area (Å²) in [4.78, 5) is 24.0. The number of fused-ring (bicyclic) bond motifs is 1. The lowest BCUT2D eigenvalue weighted by Crippen LogP contribution is -2.41. The molecule has 0 saturated carbocycles. The average Bonchev–Trinajstić information content (AvgIpc) is 2.59. The second-order valence-electron chi connectivity index (χ2n) is 8.67. The quantitative estimate of drug-likeness (QED) is 0.466. The molecule has 0 spiro atoms. The largest absolute Gasteiger partial charge is 0.481 e. The van der Waals surface area contributed by atoms with E-state index in [1.807, 2.05) is 0 Å². The van der Waals surface area contributed by atoms with E-state index in [0.29, 0.717) is 11.3 Å². The van der Waals surface area contributed by atoms with Gasteiger partial charge in [-0.2, -0.15) is 0 Å². The van der Waals surface area contributed by atoms with E-state index in [4.69, 9.17) is 10.8 Å². The zero-order valence-electron chi connectivity index (χ0n) is 17.0. The van der Waals surface area contributed by atoms with Crippen LogP contribution in [0.3, 0.4) is 0 Å². The number of carbonyl (C=O) groups excluding carboxylic acids is 1. The summed E-state index contributed by atoms with van der Waals surface area (Å²) in [5.74, 6) is -2.46. The third-order valence-electron chi connectivity index (χ3n) is 5.31. The molecule has 0 aromatic heterocycles. The van der Waals surface area contributed by atoms with Crippen LogP contribution in [0.15, 0.2) is 24.3 Å². The highest BCUT2D eigenvalue weighted by molar-refractivity contribution is 7.92. The van der Waals surface area contributed by atoms with Crippen molar-refractivity contribution < 1.29 is 28.2 Å². The van der Waals surface area contributed by atoms with Crippen LogP contribution in [-0.2, 0) is 19.4 Å². The first-order valence-corrected chi connectivity index (χ1v) is 11.3. The normalized spacial score (nSPS) is 21.3. The molecule has 5 N–H and O–H groups in total. The third kappa shape index (κ3) is 5.77. The van der Waals surface area contributed by atoms with Crippen molar-refractivity contribution >= 4 is 27.3 Å². The van der Waals surface area contributed by atoms with Crippen LogP contribution in [0.2, 0.25) is 0 Å². The van der Waals surface area contributed by atoms with Crippen molar-refractivity contribution in [3.63, 3.8) is 0 Å². The van der Waals surface area contributed by atoms with Crippen molar-refractivity contribution in [2.45, 2.75) is 57.4 Å². The Kier molecular flexibility index (Phi) is 7.08. The van der Waals surface area contributed by atoms with Gasteiger partial charge in [0.05, 0.1) is 12.0 Å². The summed E-state index contributed by atoms with van der Waals surface area (Å²) in [5.41, 5.74) is 6.46. The summed E-state index contributed by atoms with van der Waals surface area (Å²) in [6, 6.07) is 6.12. The SMILES string of the molecule is C[C@H](C[C@H](O)[C@@H](N)CC(C)(C)CC(=O)C1c2ccccc2NCS1(=O)=O)C(=O)O. The predicted octanol–water partition coefficient (Wildman–Crippen LogP) is 1.70. The summed E-state index contributed by atoms with van der Waals surface area (Å²) >= 11 is 0. The molecule has 162 valence electrons. The number of benzene rings is 1. The van der Waals surface area contributed by atoms with Gasteiger partial charge in [0, 0.05) is 23.7 Å². The van der Waals surface area contributed by atoms with Gasteiger partial charge in [0.15, 0.2) is 15.6 Å². The van der Waals surface area contributed by atoms with Crippen LogP contribution in [0.1, 0.15) is 50.8 Å². The van der Waals surface area contributed by atoms with E-state index in [2.05, 4.69) is 5.32 Å². The van der Waals surface area contributed by atoms with E-state index >= 15 is 0 Å². The molecule has 0 amide bonds. The molecule has 1 unspecified atom stereocenters. The van der Waals surface area contributed by atoms with Gasteiger partial charge in [-0.3, -0.25) is 9.59 Å². The van der Waals surface area contributed by atoms with E-state index < -0.39 is 50.3 Å². The molecule has 0 radical (unpaired) electrons. The molecular weight excluding hydrogens is 396 g/mol. The highest BCUT2D eigenvalue weighted by Crippen LogP contribution is 2.38. The highest BCUT2D eigenvalue weighted by Gasteiger charge is 2.41. The Balaban J connectivity index is 2.11. The minimum absolute atomic E-state index is 0.0105. The number of anilines is 1. The number of nitrogens with two attached hydrogens (primary N) is 1. The van der Waals surface area contributed by atoms with Gasteiger partial charge in [0.2, 0.25) is 0 Å². The number of aliphatic hydroxyl groups excluding tert-OH is 1. The van der Waals surface area contributed by atoms with Crippen LogP contribution < -0.4 is 11.1 Å². The molecule has 1 heterocycles. The summed E-state index contributed by atoms with van der Waals surface area (Å²) in [7, 11) is -3.69. The van der Waals surface area contributed by atoms with Crippen molar-refractivity contribution in [1.82, 2.24) is 0 Å². The number of carbonyl (C=O) groups is 2. The molecule has 4 atom stereocenters. The van der Waals surface area contributed by atoms with Gasteiger partial charge in [0.1, 0.15) is 11.1 Å². The number of hydrogen-bond acceptors (Lipinski definition) is 7. The molecule has 0 saturated heterocycles. The molecule has 2 rings (SSSR count). The maximum atomic E-state index is 13.0. The molecule has 0 fully saturated rings. The van der Waals surface area contributed by atoms with Crippen molar-refractivity contribution in [3.8, 4) is 0 Å². The maximum Gasteiger partial charge on any atom is 0.306 e. The summed E-state index contributed by atoms with van der Waals surface area (Å²) in [5, 5.41) is 20.8. The van der Waals surface area contributed by atoms with Crippen LogP contribution >= 0.6 is 0 Å². The summed E-state index contributed by atoms with van der Waals surface area (Å²) in [6.07, 6.45) is -0.797. The van der Waals surface area contributed by atoms with Gasteiger partial charge in [-0.1, -0.05) is 39.0 Å². The van der Waals surface area contributed by atoms with Gasteiger partial charge < -0.3 is 21.3 Å². The zero-order valence-corrected chi connectivity index (χ0v) is 17.8. The first-order chi connectivity index (χ1) is 13.3. The number of ketones is 1. The Morgan fingerprint density at radius 2 is 1.93 bits per heavy atom. The molecule has 0 aliphatic carbocycles. The molecule has 8 nitrogen and oxygen atoms in total. The smallest absolute Gasteiger partial charge is 0.306 e. The minimum atomic E-state index is -3.69. The van der Waals surface area contributed by atoms with E-state index in [1.54, 1.807) is 38.1 Å². The lowest BCUT2D eigenvalue weighted by atomic mass is 9.78. The fourth-order valence-electron chi connectivity index (χ4n) is 3.76. The number of carboxylic acid groups (broad SMARTS) is 1. The Morgan fingerprint density at radius 1 is 1.31 bits per heavy atom. The summed E-state index contributed by atoms with van der Waals surface area (Å²) < 4.78 is 25.2. The maximum absolute atomic E-state index is 13.0. The molecule has 9 heteroatoms. The predicted molar refractivity (Wildman–Crippen MR) is 110 cm³/mol.